The molecule has 3 saturated heterocycles. The maximum Gasteiger partial charge on any atom is 0.248 e. The van der Waals surface area contributed by atoms with Gasteiger partial charge in [0.1, 0.15) is 17.5 Å². The second-order valence-electron chi connectivity index (χ2n) is 12.0. The average molecular weight is 630 g/mol. The summed E-state index contributed by atoms with van der Waals surface area (Å²) in [7, 11) is 1.58. The van der Waals surface area contributed by atoms with Gasteiger partial charge in [-0.1, -0.05) is 37.3 Å². The Balaban J connectivity index is 1.35. The van der Waals surface area contributed by atoms with E-state index in [0.29, 0.717) is 42.3 Å². The zero-order chi connectivity index (χ0) is 31.7. The van der Waals surface area contributed by atoms with Gasteiger partial charge in [-0.25, -0.2) is 0 Å². The maximum absolute atomic E-state index is 14.7. The van der Waals surface area contributed by atoms with Gasteiger partial charge in [-0.05, 0) is 79.8 Å². The first-order valence-corrected chi connectivity index (χ1v) is 16.3. The number of fused-ring (bicyclic) bond motifs is 1. The maximum atomic E-state index is 14.7. The average Bonchev–Trinajstić information content (AvgIpc) is 3.65. The number of ether oxygens (including phenoxy) is 2. The van der Waals surface area contributed by atoms with E-state index in [1.807, 2.05) is 37.3 Å². The summed E-state index contributed by atoms with van der Waals surface area (Å²) in [6.07, 6.45) is 1.09. The summed E-state index contributed by atoms with van der Waals surface area (Å²) in [6, 6.07) is 22.3. The molecule has 3 unspecified atom stereocenters. The summed E-state index contributed by atoms with van der Waals surface area (Å²) in [5.74, 6) is -0.791. The van der Waals surface area contributed by atoms with E-state index in [0.717, 1.165) is 5.56 Å². The van der Waals surface area contributed by atoms with Crippen molar-refractivity contribution in [2.24, 2.45) is 17.8 Å². The summed E-state index contributed by atoms with van der Waals surface area (Å²) in [5.41, 5.74) is 2.14. The number of carbonyl (C=O) groups excluding carboxylic acids is 3. The first kappa shape index (κ1) is 31.0. The van der Waals surface area contributed by atoms with Gasteiger partial charge in [-0.15, -0.1) is 11.8 Å². The minimum absolute atomic E-state index is 0.0105. The van der Waals surface area contributed by atoms with Crippen molar-refractivity contribution in [3.8, 4) is 11.5 Å². The fraction of sp³-hybridized carbons (Fsp3) is 0.400. The van der Waals surface area contributed by atoms with Gasteiger partial charge >= 0.3 is 0 Å². The van der Waals surface area contributed by atoms with Gasteiger partial charge in [0.25, 0.3) is 0 Å². The van der Waals surface area contributed by atoms with Crippen LogP contribution in [-0.2, 0) is 20.8 Å². The lowest BCUT2D eigenvalue weighted by Crippen LogP contribution is -2.57. The zero-order valence-electron chi connectivity index (χ0n) is 25.6. The topological polar surface area (TPSA) is 117 Å². The van der Waals surface area contributed by atoms with Crippen molar-refractivity contribution >= 4 is 40.9 Å². The summed E-state index contributed by atoms with van der Waals surface area (Å²) in [5, 5.41) is 16.7. The van der Waals surface area contributed by atoms with Crippen LogP contribution in [0.1, 0.15) is 25.8 Å². The summed E-state index contributed by atoms with van der Waals surface area (Å²) < 4.78 is 9.97. The molecule has 3 aliphatic rings. The van der Waals surface area contributed by atoms with Crippen LogP contribution in [0, 0.1) is 17.8 Å². The molecule has 3 aliphatic heterocycles. The summed E-state index contributed by atoms with van der Waals surface area (Å²) in [6.45, 7) is 4.21. The SMILES string of the molecule is CCOc1ccc(NC(=O)[C@@H]2[C@@H]3CC(C)C4(S3)C(C(=O)Nc3ccc(OC)cc3)N([C@@H](CO)Cc3ccccc3)C(=O)[C@H]24)cc1. The lowest BCUT2D eigenvalue weighted by Gasteiger charge is -2.40. The Morgan fingerprint density at radius 1 is 0.978 bits per heavy atom. The highest BCUT2D eigenvalue weighted by atomic mass is 32.2. The molecule has 7 atom stereocenters. The number of benzene rings is 3. The van der Waals surface area contributed by atoms with E-state index in [1.54, 1.807) is 72.3 Å². The number of hydrogen-bond acceptors (Lipinski definition) is 7. The molecule has 3 fully saturated rings. The van der Waals surface area contributed by atoms with Crippen LogP contribution in [-0.4, -0.2) is 70.1 Å². The molecule has 3 heterocycles. The fourth-order valence-corrected chi connectivity index (χ4v) is 9.91. The molecule has 3 aromatic rings. The number of anilines is 2. The third kappa shape index (κ3) is 5.55. The number of hydrogen-bond donors (Lipinski definition) is 3. The standard InChI is InChI=1S/C35H39N3O6S/c1-4-44-27-16-12-23(13-17-27)36-32(40)29-28-18-21(2)35(45-28)30(29)34(42)38(25(20-39)19-22-8-6-5-7-9-22)31(35)33(41)37-24-10-14-26(43-3)15-11-24/h5-17,21,25,28-31,39H,4,18-20H2,1-3H3,(H,36,40)(H,37,41)/t21?,25-,28+,29-,30+,31?,35?/m1/s1. The molecule has 0 saturated carbocycles. The Labute approximate surface area is 267 Å². The number of nitrogens with zero attached hydrogens (tertiary/aromatic N) is 1. The highest BCUT2D eigenvalue weighted by Crippen LogP contribution is 2.69. The molecule has 0 radical (unpaired) electrons. The highest BCUT2D eigenvalue weighted by molar-refractivity contribution is 8.02. The van der Waals surface area contributed by atoms with E-state index in [4.69, 9.17) is 9.47 Å². The first-order chi connectivity index (χ1) is 21.8. The molecule has 236 valence electrons. The molecule has 45 heavy (non-hydrogen) atoms. The molecule has 3 N–H and O–H groups in total. The highest BCUT2D eigenvalue weighted by Gasteiger charge is 2.76. The second kappa shape index (κ2) is 12.8. The number of likely N-dealkylation sites (tertiary alicyclic amines) is 1. The van der Waals surface area contributed by atoms with E-state index in [-0.39, 0.29) is 35.5 Å². The van der Waals surface area contributed by atoms with Gasteiger partial charge in [-0.2, -0.15) is 0 Å². The Hall–Kier alpha value is -4.02. The van der Waals surface area contributed by atoms with Crippen LogP contribution in [0.25, 0.3) is 0 Å². The van der Waals surface area contributed by atoms with Crippen LogP contribution in [0.2, 0.25) is 0 Å². The Morgan fingerprint density at radius 3 is 2.20 bits per heavy atom. The first-order valence-electron chi connectivity index (χ1n) is 15.4. The minimum atomic E-state index is -0.883. The second-order valence-corrected chi connectivity index (χ2v) is 13.5. The number of amides is 3. The Bertz CT molecular complexity index is 1540. The Morgan fingerprint density at radius 2 is 1.60 bits per heavy atom. The largest absolute Gasteiger partial charge is 0.497 e. The number of methoxy groups -OCH3 is 1. The molecule has 0 aliphatic carbocycles. The van der Waals surface area contributed by atoms with Gasteiger partial charge in [-0.3, -0.25) is 14.4 Å². The normalized spacial score (nSPS) is 27.2. The molecule has 2 bridgehead atoms. The summed E-state index contributed by atoms with van der Waals surface area (Å²) >= 11 is 1.60. The van der Waals surface area contributed by atoms with Gasteiger partial charge in [0.2, 0.25) is 17.7 Å². The smallest absolute Gasteiger partial charge is 0.248 e. The zero-order valence-corrected chi connectivity index (χ0v) is 26.5. The van der Waals surface area contributed by atoms with Crippen molar-refractivity contribution in [2.75, 3.05) is 31.0 Å². The molecule has 1 spiro atoms. The van der Waals surface area contributed by atoms with Crippen LogP contribution in [0.15, 0.2) is 78.9 Å². The number of nitrogens with one attached hydrogen (secondary N) is 2. The van der Waals surface area contributed by atoms with E-state index >= 15 is 0 Å². The van der Waals surface area contributed by atoms with Crippen molar-refractivity contribution in [3.05, 3.63) is 84.4 Å². The van der Waals surface area contributed by atoms with Crippen LogP contribution in [0.3, 0.4) is 0 Å². The monoisotopic (exact) mass is 629 g/mol. The van der Waals surface area contributed by atoms with Crippen LogP contribution >= 0.6 is 11.8 Å². The Kier molecular flexibility index (Phi) is 8.79. The van der Waals surface area contributed by atoms with Crippen molar-refractivity contribution in [1.29, 1.82) is 0 Å². The van der Waals surface area contributed by atoms with Gasteiger partial charge in [0.05, 0.1) is 42.9 Å². The van der Waals surface area contributed by atoms with E-state index in [9.17, 15) is 19.5 Å². The fourth-order valence-electron chi connectivity index (χ4n) is 7.50. The van der Waals surface area contributed by atoms with Crippen molar-refractivity contribution in [1.82, 2.24) is 4.90 Å². The minimum Gasteiger partial charge on any atom is -0.497 e. The molecule has 0 aromatic heterocycles. The van der Waals surface area contributed by atoms with Crippen molar-refractivity contribution < 1.29 is 29.0 Å². The van der Waals surface area contributed by atoms with E-state index in [1.165, 1.54) is 0 Å². The third-order valence-electron chi connectivity index (χ3n) is 9.44. The molecule has 3 amide bonds. The number of aliphatic hydroxyl groups is 1. The van der Waals surface area contributed by atoms with Crippen LogP contribution in [0.4, 0.5) is 11.4 Å². The van der Waals surface area contributed by atoms with Gasteiger partial charge < -0.3 is 30.1 Å². The van der Waals surface area contributed by atoms with Gasteiger partial charge in [0, 0.05) is 16.6 Å². The number of aliphatic hydroxyl groups excluding tert-OH is 1. The predicted octanol–water partition coefficient (Wildman–Crippen LogP) is 4.61. The van der Waals surface area contributed by atoms with Crippen LogP contribution in [0.5, 0.6) is 11.5 Å². The quantitative estimate of drug-likeness (QED) is 0.284. The lowest BCUT2D eigenvalue weighted by molar-refractivity contribution is -0.141. The number of carbonyl (C=O) groups is 3. The lowest BCUT2D eigenvalue weighted by atomic mass is 9.66. The number of thioether (sulfide) groups is 1. The molecule has 3 aromatic carbocycles. The summed E-state index contributed by atoms with van der Waals surface area (Å²) in [4.78, 5) is 44.6. The van der Waals surface area contributed by atoms with E-state index in [2.05, 4.69) is 17.6 Å². The predicted molar refractivity (Wildman–Crippen MR) is 174 cm³/mol. The molecular formula is C35H39N3O6S. The third-order valence-corrected chi connectivity index (χ3v) is 11.5. The molecule has 10 heteroatoms. The molecule has 9 nitrogen and oxygen atoms in total. The van der Waals surface area contributed by atoms with Crippen LogP contribution < -0.4 is 20.1 Å². The number of rotatable bonds is 11. The molecular weight excluding hydrogens is 590 g/mol. The van der Waals surface area contributed by atoms with Crippen molar-refractivity contribution in [2.45, 2.75) is 48.8 Å². The molecule has 6 rings (SSSR count). The van der Waals surface area contributed by atoms with Crippen molar-refractivity contribution in [3.63, 3.8) is 0 Å². The van der Waals surface area contributed by atoms with Gasteiger partial charge in [0.15, 0.2) is 0 Å². The van der Waals surface area contributed by atoms with E-state index < -0.39 is 28.7 Å².